The molecule has 8 nitrogen and oxygen atoms in total. The summed E-state index contributed by atoms with van der Waals surface area (Å²) < 4.78 is 5.13. The monoisotopic (exact) mass is 367 g/mol. The number of piperidine rings is 1. The van der Waals surface area contributed by atoms with E-state index in [9.17, 15) is 9.59 Å². The van der Waals surface area contributed by atoms with Crippen LogP contribution in [-0.2, 0) is 0 Å². The lowest BCUT2D eigenvalue weighted by atomic mass is 9.94. The number of hydrogen-bond donors (Lipinski definition) is 0. The highest BCUT2D eigenvalue weighted by molar-refractivity contribution is 5.95. The van der Waals surface area contributed by atoms with E-state index in [-0.39, 0.29) is 23.8 Å². The molecule has 27 heavy (non-hydrogen) atoms. The number of ether oxygens (including phenoxy) is 1. The predicted molar refractivity (Wildman–Crippen MR) is 96.3 cm³/mol. The van der Waals surface area contributed by atoms with Gasteiger partial charge in [-0.3, -0.25) is 14.6 Å². The fraction of sp³-hybridized carbons (Fsp3) is 0.421. The Morgan fingerprint density at radius 3 is 2.74 bits per heavy atom. The topological polar surface area (TPSA) is 88.5 Å². The second-order valence-electron chi connectivity index (χ2n) is 6.94. The first kappa shape index (κ1) is 17.4. The highest BCUT2D eigenvalue weighted by Crippen LogP contribution is 2.30. The Balaban J connectivity index is 1.54. The number of hydrogen-bond acceptors (Lipinski definition) is 6. The number of pyridine rings is 1. The van der Waals surface area contributed by atoms with E-state index in [1.54, 1.807) is 24.5 Å². The van der Waals surface area contributed by atoms with Crippen LogP contribution in [0.5, 0.6) is 5.88 Å². The zero-order chi connectivity index (χ0) is 18.8. The lowest BCUT2D eigenvalue weighted by Crippen LogP contribution is -2.47. The summed E-state index contributed by atoms with van der Waals surface area (Å²) in [6.45, 7) is 1.80. The zero-order valence-corrected chi connectivity index (χ0v) is 15.1. The molecule has 0 unspecified atom stereocenters. The molecule has 0 spiro atoms. The highest BCUT2D eigenvalue weighted by Gasteiger charge is 2.39. The summed E-state index contributed by atoms with van der Waals surface area (Å²) in [5, 5.41) is 0. The van der Waals surface area contributed by atoms with Crippen LogP contribution in [-0.4, -0.2) is 69.4 Å². The standard InChI is InChI=1S/C19H21N5O3/c1-27-17-8-14(4-5-22-17)18(25)24-11-13-2-3-15(24)12-23(10-13)19(26)16-9-20-6-7-21-16/h4-9,13,15H,2-3,10-12H2,1H3/t13-,15+/m0/s1. The summed E-state index contributed by atoms with van der Waals surface area (Å²) in [6.07, 6.45) is 8.03. The fourth-order valence-corrected chi connectivity index (χ4v) is 3.89. The molecule has 0 radical (unpaired) electrons. The maximum absolute atomic E-state index is 13.1. The Morgan fingerprint density at radius 1 is 1.07 bits per heavy atom. The van der Waals surface area contributed by atoms with Crippen LogP contribution in [0.2, 0.25) is 0 Å². The Labute approximate surface area is 157 Å². The number of carbonyl (C=O) groups is 2. The van der Waals surface area contributed by atoms with Crippen molar-refractivity contribution in [2.45, 2.75) is 18.9 Å². The number of carbonyl (C=O) groups excluding carboxylic acids is 2. The molecular weight excluding hydrogens is 346 g/mol. The summed E-state index contributed by atoms with van der Waals surface area (Å²) >= 11 is 0. The SMILES string of the molecule is COc1cc(C(=O)N2C[C@H]3CC[C@@H]2CN(C(=O)c2cnccn2)C3)ccn1. The molecule has 0 aliphatic carbocycles. The van der Waals surface area contributed by atoms with Crippen LogP contribution >= 0.6 is 0 Å². The van der Waals surface area contributed by atoms with E-state index in [0.29, 0.717) is 36.8 Å². The van der Waals surface area contributed by atoms with Crippen molar-refractivity contribution in [3.05, 3.63) is 48.2 Å². The largest absolute Gasteiger partial charge is 0.481 e. The molecule has 8 heteroatoms. The molecule has 140 valence electrons. The first-order chi connectivity index (χ1) is 13.2. The van der Waals surface area contributed by atoms with Crippen molar-refractivity contribution in [1.82, 2.24) is 24.8 Å². The van der Waals surface area contributed by atoms with Crippen LogP contribution in [0.3, 0.4) is 0 Å². The Kier molecular flexibility index (Phi) is 4.70. The number of aromatic nitrogens is 3. The van der Waals surface area contributed by atoms with Crippen molar-refractivity contribution in [2.75, 3.05) is 26.7 Å². The molecule has 2 aromatic rings. The molecule has 0 N–H and O–H groups in total. The van der Waals surface area contributed by atoms with Gasteiger partial charge >= 0.3 is 0 Å². The van der Waals surface area contributed by atoms with Crippen LogP contribution in [0.4, 0.5) is 0 Å². The van der Waals surface area contributed by atoms with E-state index < -0.39 is 0 Å². The first-order valence-electron chi connectivity index (χ1n) is 9.02. The molecule has 5 rings (SSSR count). The average Bonchev–Trinajstić information content (AvgIpc) is 3.05. The second kappa shape index (κ2) is 7.30. The lowest BCUT2D eigenvalue weighted by molar-refractivity contribution is 0.0573. The van der Waals surface area contributed by atoms with Crippen LogP contribution in [0.1, 0.15) is 33.7 Å². The Hall–Kier alpha value is -3.03. The number of methoxy groups -OCH3 is 1. The lowest BCUT2D eigenvalue weighted by Gasteiger charge is -2.36. The van der Waals surface area contributed by atoms with Crippen molar-refractivity contribution in [3.63, 3.8) is 0 Å². The van der Waals surface area contributed by atoms with Crippen molar-refractivity contribution in [3.8, 4) is 5.88 Å². The van der Waals surface area contributed by atoms with E-state index >= 15 is 0 Å². The molecule has 3 fully saturated rings. The average molecular weight is 367 g/mol. The Morgan fingerprint density at radius 2 is 1.96 bits per heavy atom. The summed E-state index contributed by atoms with van der Waals surface area (Å²) in [6, 6.07) is 3.35. The van der Waals surface area contributed by atoms with Gasteiger partial charge in [-0.15, -0.1) is 0 Å². The van der Waals surface area contributed by atoms with E-state index in [1.165, 1.54) is 19.5 Å². The maximum atomic E-state index is 13.1. The zero-order valence-electron chi connectivity index (χ0n) is 15.1. The minimum absolute atomic E-state index is 0.00367. The van der Waals surface area contributed by atoms with E-state index in [0.717, 1.165) is 12.8 Å². The van der Waals surface area contributed by atoms with Crippen LogP contribution < -0.4 is 4.74 Å². The van der Waals surface area contributed by atoms with Crippen LogP contribution in [0.25, 0.3) is 0 Å². The van der Waals surface area contributed by atoms with Gasteiger partial charge in [0.2, 0.25) is 5.88 Å². The molecule has 3 aliphatic rings. The molecule has 0 aromatic carbocycles. The number of nitrogens with zero attached hydrogens (tertiary/aromatic N) is 5. The van der Waals surface area contributed by atoms with Crippen LogP contribution in [0.15, 0.2) is 36.9 Å². The summed E-state index contributed by atoms with van der Waals surface area (Å²) in [7, 11) is 1.53. The van der Waals surface area contributed by atoms with Gasteiger partial charge in [0.25, 0.3) is 11.8 Å². The fourth-order valence-electron chi connectivity index (χ4n) is 3.89. The van der Waals surface area contributed by atoms with E-state index in [4.69, 9.17) is 4.74 Å². The van der Waals surface area contributed by atoms with Gasteiger partial charge in [0.1, 0.15) is 5.69 Å². The van der Waals surface area contributed by atoms with Gasteiger partial charge in [0.15, 0.2) is 0 Å². The molecule has 2 bridgehead atoms. The van der Waals surface area contributed by atoms with E-state index in [2.05, 4.69) is 15.0 Å². The van der Waals surface area contributed by atoms with Gasteiger partial charge in [-0.25, -0.2) is 9.97 Å². The maximum Gasteiger partial charge on any atom is 0.274 e. The molecule has 2 amide bonds. The van der Waals surface area contributed by atoms with Crippen molar-refractivity contribution >= 4 is 11.8 Å². The van der Waals surface area contributed by atoms with Gasteiger partial charge in [-0.05, 0) is 24.8 Å². The third-order valence-electron chi connectivity index (χ3n) is 5.23. The summed E-state index contributed by atoms with van der Waals surface area (Å²) in [4.78, 5) is 41.7. The van der Waals surface area contributed by atoms with Crippen LogP contribution in [0, 0.1) is 5.92 Å². The van der Waals surface area contributed by atoms with Gasteiger partial charge in [-0.2, -0.15) is 0 Å². The smallest absolute Gasteiger partial charge is 0.274 e. The van der Waals surface area contributed by atoms with Gasteiger partial charge in [-0.1, -0.05) is 0 Å². The van der Waals surface area contributed by atoms with Gasteiger partial charge < -0.3 is 14.5 Å². The molecule has 3 aliphatic heterocycles. The molecule has 0 saturated carbocycles. The third-order valence-corrected chi connectivity index (χ3v) is 5.23. The minimum Gasteiger partial charge on any atom is -0.481 e. The molecule has 3 saturated heterocycles. The first-order valence-corrected chi connectivity index (χ1v) is 9.02. The van der Waals surface area contributed by atoms with Gasteiger partial charge in [0, 0.05) is 55.9 Å². The number of fused-ring (bicyclic) bond motifs is 4. The number of rotatable bonds is 3. The minimum atomic E-state index is -0.125. The van der Waals surface area contributed by atoms with E-state index in [1.807, 2.05) is 9.80 Å². The van der Waals surface area contributed by atoms with Crippen molar-refractivity contribution in [2.24, 2.45) is 5.92 Å². The highest BCUT2D eigenvalue weighted by atomic mass is 16.5. The predicted octanol–water partition coefficient (Wildman–Crippen LogP) is 1.26. The second-order valence-corrected chi connectivity index (χ2v) is 6.94. The normalized spacial score (nSPS) is 21.7. The van der Waals surface area contributed by atoms with Crippen molar-refractivity contribution < 1.29 is 14.3 Å². The third kappa shape index (κ3) is 3.47. The Bertz CT molecular complexity index is 844. The quantitative estimate of drug-likeness (QED) is 0.811. The molecule has 2 atom stereocenters. The summed E-state index contributed by atoms with van der Waals surface area (Å²) in [5.74, 6) is 0.511. The number of amides is 2. The molecule has 2 aromatic heterocycles. The van der Waals surface area contributed by atoms with Crippen molar-refractivity contribution in [1.29, 1.82) is 0 Å². The molecular formula is C19H21N5O3. The van der Waals surface area contributed by atoms with Gasteiger partial charge in [0.05, 0.1) is 13.3 Å². The summed E-state index contributed by atoms with van der Waals surface area (Å²) in [5.41, 5.74) is 0.900. The molecule has 5 heterocycles.